The van der Waals surface area contributed by atoms with Crippen LogP contribution in [0.1, 0.15) is 0 Å². The van der Waals surface area contributed by atoms with Crippen LogP contribution in [0.5, 0.6) is 0 Å². The number of hydrogen-bond donors (Lipinski definition) is 1. The van der Waals surface area contributed by atoms with Gasteiger partial charge in [-0.25, -0.2) is 4.79 Å². The molecule has 0 fully saturated rings. The van der Waals surface area contributed by atoms with Gasteiger partial charge in [-0.05, 0) is 0 Å². The fourth-order valence-electron chi connectivity index (χ4n) is 0.402. The minimum Gasteiger partial charge on any atom is -0.501 e. The first-order valence-electron chi connectivity index (χ1n) is 2.73. The molecule has 0 amide bonds. The normalized spacial score (nSPS) is 10.9. The Hall–Kier alpha value is -1.19. The minimum absolute atomic E-state index is 0.396. The van der Waals surface area contributed by atoms with Crippen LogP contribution in [-0.2, 0) is 9.53 Å². The van der Waals surface area contributed by atoms with E-state index in [1.165, 1.54) is 13.3 Å². The van der Waals surface area contributed by atoms with Crippen molar-refractivity contribution < 1.29 is 14.6 Å². The van der Waals surface area contributed by atoms with Crippen LogP contribution in [0.15, 0.2) is 12.0 Å². The molecule has 0 aromatic rings. The second kappa shape index (κ2) is 3.76. The van der Waals surface area contributed by atoms with Crippen LogP contribution in [0.4, 0.5) is 0 Å². The highest BCUT2D eigenvalue weighted by atomic mass is 16.5. The Bertz CT molecular complexity index is 151. The van der Waals surface area contributed by atoms with Crippen molar-refractivity contribution >= 4 is 5.97 Å². The summed E-state index contributed by atoms with van der Waals surface area (Å²) in [6.45, 7) is 0. The van der Waals surface area contributed by atoms with Gasteiger partial charge >= 0.3 is 5.97 Å². The molecule has 0 aromatic carbocycles. The van der Waals surface area contributed by atoms with E-state index in [0.717, 1.165) is 0 Å². The Kier molecular flexibility index (Phi) is 3.32. The molecule has 0 heterocycles. The van der Waals surface area contributed by atoms with Gasteiger partial charge in [0.1, 0.15) is 0 Å². The second-order valence-electron chi connectivity index (χ2n) is 1.97. The first-order chi connectivity index (χ1) is 4.57. The van der Waals surface area contributed by atoms with Gasteiger partial charge in [-0.15, -0.1) is 0 Å². The molecule has 0 saturated heterocycles. The van der Waals surface area contributed by atoms with Crippen LogP contribution in [-0.4, -0.2) is 37.2 Å². The lowest BCUT2D eigenvalue weighted by atomic mass is 10.5. The third-order valence-electron chi connectivity index (χ3n) is 0.775. The van der Waals surface area contributed by atoms with E-state index < -0.39 is 11.7 Å². The zero-order chi connectivity index (χ0) is 8.15. The van der Waals surface area contributed by atoms with Crippen LogP contribution in [0.3, 0.4) is 0 Å². The number of methoxy groups -OCH3 is 1. The molecule has 0 aliphatic heterocycles. The quantitative estimate of drug-likeness (QED) is 0.340. The molecule has 0 atom stereocenters. The van der Waals surface area contributed by atoms with Gasteiger partial charge in [0.05, 0.1) is 7.11 Å². The van der Waals surface area contributed by atoms with E-state index in [-0.39, 0.29) is 0 Å². The number of nitrogens with zero attached hydrogens (tertiary/aromatic N) is 1. The van der Waals surface area contributed by atoms with Crippen LogP contribution in [0, 0.1) is 0 Å². The van der Waals surface area contributed by atoms with Crippen molar-refractivity contribution in [2.75, 3.05) is 21.2 Å². The fourth-order valence-corrected chi connectivity index (χ4v) is 0.402. The average Bonchev–Trinajstić information content (AvgIpc) is 1.85. The smallest absolute Gasteiger partial charge is 0.374 e. The van der Waals surface area contributed by atoms with Gasteiger partial charge < -0.3 is 14.7 Å². The zero-order valence-electron chi connectivity index (χ0n) is 6.29. The summed E-state index contributed by atoms with van der Waals surface area (Å²) in [5, 5.41) is 8.83. The van der Waals surface area contributed by atoms with Crippen LogP contribution in [0.2, 0.25) is 0 Å². The van der Waals surface area contributed by atoms with E-state index >= 15 is 0 Å². The van der Waals surface area contributed by atoms with Crippen molar-refractivity contribution in [3.8, 4) is 0 Å². The lowest BCUT2D eigenvalue weighted by molar-refractivity contribution is -0.139. The molecule has 0 bridgehead atoms. The van der Waals surface area contributed by atoms with Crippen molar-refractivity contribution in [1.82, 2.24) is 4.90 Å². The van der Waals surface area contributed by atoms with Gasteiger partial charge in [0, 0.05) is 20.3 Å². The van der Waals surface area contributed by atoms with E-state index in [1.807, 2.05) is 0 Å². The largest absolute Gasteiger partial charge is 0.501 e. The molecular formula is C6H11NO3. The van der Waals surface area contributed by atoms with E-state index in [2.05, 4.69) is 4.74 Å². The van der Waals surface area contributed by atoms with Crippen LogP contribution < -0.4 is 0 Å². The molecule has 4 heteroatoms. The molecule has 0 saturated carbocycles. The summed E-state index contributed by atoms with van der Waals surface area (Å²) in [5.41, 5.74) is 0. The predicted molar refractivity (Wildman–Crippen MR) is 36.4 cm³/mol. The van der Waals surface area contributed by atoms with Crippen molar-refractivity contribution in [2.45, 2.75) is 0 Å². The molecule has 4 nitrogen and oxygen atoms in total. The number of rotatable bonds is 2. The highest BCUT2D eigenvalue weighted by Gasteiger charge is 2.05. The van der Waals surface area contributed by atoms with E-state index in [4.69, 9.17) is 5.11 Å². The van der Waals surface area contributed by atoms with Gasteiger partial charge in [-0.3, -0.25) is 0 Å². The number of aliphatic hydroxyl groups is 1. The monoisotopic (exact) mass is 145 g/mol. The first-order valence-corrected chi connectivity index (χ1v) is 2.73. The van der Waals surface area contributed by atoms with Crippen LogP contribution >= 0.6 is 0 Å². The Morgan fingerprint density at radius 3 is 2.40 bits per heavy atom. The Balaban J connectivity index is 4.05. The highest BCUT2D eigenvalue weighted by molar-refractivity contribution is 5.85. The van der Waals surface area contributed by atoms with Crippen LogP contribution in [0.25, 0.3) is 0 Å². The lowest BCUT2D eigenvalue weighted by Gasteiger charge is -2.04. The van der Waals surface area contributed by atoms with E-state index in [1.54, 1.807) is 19.0 Å². The number of hydrogen-bond acceptors (Lipinski definition) is 4. The highest BCUT2D eigenvalue weighted by Crippen LogP contribution is 1.91. The average molecular weight is 145 g/mol. The van der Waals surface area contributed by atoms with Crippen molar-refractivity contribution in [1.29, 1.82) is 0 Å². The standard InChI is InChI=1S/C6H11NO3/c1-7(2)4-5(8)6(9)10-3/h4,8H,1-3H3. The first kappa shape index (κ1) is 8.81. The van der Waals surface area contributed by atoms with Gasteiger partial charge in [0.15, 0.2) is 0 Å². The molecule has 0 radical (unpaired) electrons. The molecular weight excluding hydrogens is 134 g/mol. The van der Waals surface area contributed by atoms with Gasteiger partial charge in [0.25, 0.3) is 0 Å². The fraction of sp³-hybridized carbons (Fsp3) is 0.500. The maximum atomic E-state index is 10.5. The molecule has 10 heavy (non-hydrogen) atoms. The maximum absolute atomic E-state index is 10.5. The molecule has 0 aromatic heterocycles. The Labute approximate surface area is 59.7 Å². The van der Waals surface area contributed by atoms with Crippen molar-refractivity contribution in [3.05, 3.63) is 12.0 Å². The summed E-state index contributed by atoms with van der Waals surface area (Å²) in [7, 11) is 4.60. The minimum atomic E-state index is -0.728. The van der Waals surface area contributed by atoms with Crippen molar-refractivity contribution in [3.63, 3.8) is 0 Å². The zero-order valence-corrected chi connectivity index (χ0v) is 6.29. The summed E-state index contributed by atoms with van der Waals surface area (Å²) in [4.78, 5) is 12.0. The second-order valence-corrected chi connectivity index (χ2v) is 1.97. The van der Waals surface area contributed by atoms with Gasteiger partial charge in [-0.2, -0.15) is 0 Å². The number of esters is 1. The molecule has 0 aliphatic rings. The molecule has 1 N–H and O–H groups in total. The van der Waals surface area contributed by atoms with E-state index in [9.17, 15) is 4.79 Å². The molecule has 0 aliphatic carbocycles. The summed E-state index contributed by atoms with van der Waals surface area (Å²) < 4.78 is 4.23. The Morgan fingerprint density at radius 2 is 2.10 bits per heavy atom. The number of aliphatic hydroxyl groups excluding tert-OH is 1. The molecule has 0 unspecified atom stereocenters. The third kappa shape index (κ3) is 2.96. The Morgan fingerprint density at radius 1 is 1.60 bits per heavy atom. The molecule has 0 spiro atoms. The third-order valence-corrected chi connectivity index (χ3v) is 0.775. The summed E-state index contributed by atoms with van der Waals surface area (Å²) >= 11 is 0. The topological polar surface area (TPSA) is 49.8 Å². The van der Waals surface area contributed by atoms with Crippen molar-refractivity contribution in [2.24, 2.45) is 0 Å². The number of carbonyl (C=O) groups is 1. The SMILES string of the molecule is COC(=O)C(O)=CN(C)C. The molecule has 58 valence electrons. The predicted octanol–water partition coefficient (Wildman–Crippen LogP) is 0.120. The molecule has 0 rings (SSSR count). The lowest BCUT2D eigenvalue weighted by Crippen LogP contribution is -2.09. The van der Waals surface area contributed by atoms with Gasteiger partial charge in [0.2, 0.25) is 5.76 Å². The van der Waals surface area contributed by atoms with Gasteiger partial charge in [-0.1, -0.05) is 0 Å². The number of ether oxygens (including phenoxy) is 1. The summed E-state index contributed by atoms with van der Waals surface area (Å²) in [5.74, 6) is -1.12. The summed E-state index contributed by atoms with van der Waals surface area (Å²) in [6, 6.07) is 0. The maximum Gasteiger partial charge on any atom is 0.374 e. The number of carbonyl (C=O) groups excluding carboxylic acids is 1. The van der Waals surface area contributed by atoms with E-state index in [0.29, 0.717) is 0 Å². The summed E-state index contributed by atoms with van der Waals surface area (Å²) in [6.07, 6.45) is 1.27.